The van der Waals surface area contributed by atoms with Crippen LogP contribution in [0, 0.1) is 0 Å². The smallest absolute Gasteiger partial charge is 0.251 e. The first-order chi connectivity index (χ1) is 10.2. The molecule has 0 radical (unpaired) electrons. The number of carbonyl (C=O) groups is 1. The summed E-state index contributed by atoms with van der Waals surface area (Å²) in [5, 5.41) is 2.99. The summed E-state index contributed by atoms with van der Waals surface area (Å²) in [6.45, 7) is 4.23. The normalized spacial score (nSPS) is 15.9. The SMILES string of the molecule is CSc1cc(C(=O)NCCCN2CCCCC2)ccc1N. The van der Waals surface area contributed by atoms with E-state index in [0.717, 1.165) is 30.1 Å². The van der Waals surface area contributed by atoms with E-state index >= 15 is 0 Å². The second-order valence-electron chi connectivity index (χ2n) is 5.47. The van der Waals surface area contributed by atoms with E-state index in [4.69, 9.17) is 5.73 Å². The molecule has 0 unspecified atom stereocenters. The Labute approximate surface area is 131 Å². The first-order valence-electron chi connectivity index (χ1n) is 7.65. The molecule has 0 atom stereocenters. The molecule has 21 heavy (non-hydrogen) atoms. The molecule has 5 heteroatoms. The van der Waals surface area contributed by atoms with Gasteiger partial charge >= 0.3 is 0 Å². The van der Waals surface area contributed by atoms with Crippen LogP contribution in [0.4, 0.5) is 5.69 Å². The number of anilines is 1. The fourth-order valence-electron chi connectivity index (χ4n) is 2.64. The van der Waals surface area contributed by atoms with Crippen molar-refractivity contribution in [2.24, 2.45) is 0 Å². The zero-order valence-corrected chi connectivity index (χ0v) is 13.5. The zero-order chi connectivity index (χ0) is 15.1. The Kier molecular flexibility index (Phi) is 6.39. The van der Waals surface area contributed by atoms with Crippen LogP contribution in [0.3, 0.4) is 0 Å². The van der Waals surface area contributed by atoms with Gasteiger partial charge in [0.2, 0.25) is 0 Å². The Morgan fingerprint density at radius 2 is 2.10 bits per heavy atom. The number of nitrogen functional groups attached to an aromatic ring is 1. The monoisotopic (exact) mass is 307 g/mol. The number of likely N-dealkylation sites (tertiary alicyclic amines) is 1. The predicted molar refractivity (Wildman–Crippen MR) is 89.9 cm³/mol. The maximum atomic E-state index is 12.1. The van der Waals surface area contributed by atoms with Crippen LogP contribution in [-0.2, 0) is 0 Å². The minimum Gasteiger partial charge on any atom is -0.398 e. The molecule has 2 rings (SSSR count). The summed E-state index contributed by atoms with van der Waals surface area (Å²) >= 11 is 1.56. The summed E-state index contributed by atoms with van der Waals surface area (Å²) in [4.78, 5) is 15.5. The van der Waals surface area contributed by atoms with Gasteiger partial charge in [-0.05, 0) is 63.4 Å². The molecule has 0 aliphatic carbocycles. The van der Waals surface area contributed by atoms with Crippen molar-refractivity contribution < 1.29 is 4.79 Å². The minimum atomic E-state index is -0.0102. The van der Waals surface area contributed by atoms with E-state index < -0.39 is 0 Å². The summed E-state index contributed by atoms with van der Waals surface area (Å²) in [5.74, 6) is -0.0102. The first-order valence-corrected chi connectivity index (χ1v) is 8.87. The summed E-state index contributed by atoms with van der Waals surface area (Å²) < 4.78 is 0. The molecule has 1 amide bonds. The van der Waals surface area contributed by atoms with Crippen molar-refractivity contribution in [3.05, 3.63) is 23.8 Å². The summed E-state index contributed by atoms with van der Waals surface area (Å²) in [5.41, 5.74) is 7.26. The van der Waals surface area contributed by atoms with E-state index in [9.17, 15) is 4.79 Å². The largest absolute Gasteiger partial charge is 0.398 e. The van der Waals surface area contributed by atoms with Gasteiger partial charge in [0.15, 0.2) is 0 Å². The van der Waals surface area contributed by atoms with Crippen LogP contribution in [-0.4, -0.2) is 43.2 Å². The highest BCUT2D eigenvalue weighted by atomic mass is 32.2. The lowest BCUT2D eigenvalue weighted by atomic mass is 10.1. The van der Waals surface area contributed by atoms with Gasteiger partial charge in [0.1, 0.15) is 0 Å². The van der Waals surface area contributed by atoms with E-state index in [1.807, 2.05) is 12.3 Å². The summed E-state index contributed by atoms with van der Waals surface area (Å²) in [7, 11) is 0. The molecule has 0 bridgehead atoms. The molecule has 1 heterocycles. The van der Waals surface area contributed by atoms with Gasteiger partial charge in [0.05, 0.1) is 0 Å². The number of nitrogens with one attached hydrogen (secondary N) is 1. The van der Waals surface area contributed by atoms with Crippen LogP contribution in [0.1, 0.15) is 36.0 Å². The van der Waals surface area contributed by atoms with Crippen LogP contribution >= 0.6 is 11.8 Å². The second-order valence-corrected chi connectivity index (χ2v) is 6.32. The lowest BCUT2D eigenvalue weighted by Gasteiger charge is -2.26. The lowest BCUT2D eigenvalue weighted by molar-refractivity contribution is 0.0951. The third-order valence-corrected chi connectivity index (χ3v) is 4.67. The number of carbonyl (C=O) groups excluding carboxylic acids is 1. The number of benzene rings is 1. The fourth-order valence-corrected chi connectivity index (χ4v) is 3.19. The van der Waals surface area contributed by atoms with Gasteiger partial charge in [-0.15, -0.1) is 11.8 Å². The molecule has 1 fully saturated rings. The van der Waals surface area contributed by atoms with Crippen LogP contribution < -0.4 is 11.1 Å². The lowest BCUT2D eigenvalue weighted by Crippen LogP contribution is -2.33. The molecule has 0 spiro atoms. The molecule has 0 aromatic heterocycles. The van der Waals surface area contributed by atoms with Gasteiger partial charge in [-0.25, -0.2) is 0 Å². The minimum absolute atomic E-state index is 0.0102. The Bertz CT molecular complexity index is 473. The Balaban J connectivity index is 1.74. The van der Waals surface area contributed by atoms with Gasteiger partial charge in [0.25, 0.3) is 5.91 Å². The number of hydrogen-bond donors (Lipinski definition) is 2. The average Bonchev–Trinajstić information content (AvgIpc) is 2.53. The van der Waals surface area contributed by atoms with Crippen molar-refractivity contribution in [3.8, 4) is 0 Å². The number of nitrogens with two attached hydrogens (primary N) is 1. The van der Waals surface area contributed by atoms with Crippen molar-refractivity contribution in [2.75, 3.05) is 38.2 Å². The molecule has 1 aliphatic heterocycles. The van der Waals surface area contributed by atoms with Gasteiger partial charge in [-0.3, -0.25) is 4.79 Å². The maximum Gasteiger partial charge on any atom is 0.251 e. The Morgan fingerprint density at radius 1 is 1.33 bits per heavy atom. The molecular weight excluding hydrogens is 282 g/mol. The van der Waals surface area contributed by atoms with Gasteiger partial charge in [-0.1, -0.05) is 6.42 Å². The molecule has 1 aromatic rings. The van der Waals surface area contributed by atoms with E-state index in [0.29, 0.717) is 5.56 Å². The van der Waals surface area contributed by atoms with Crippen LogP contribution in [0.15, 0.2) is 23.1 Å². The average molecular weight is 307 g/mol. The molecule has 116 valence electrons. The maximum absolute atomic E-state index is 12.1. The summed E-state index contributed by atoms with van der Waals surface area (Å²) in [6, 6.07) is 5.45. The van der Waals surface area contributed by atoms with Crippen molar-refractivity contribution in [2.45, 2.75) is 30.6 Å². The van der Waals surface area contributed by atoms with Crippen molar-refractivity contribution >= 4 is 23.4 Å². The topological polar surface area (TPSA) is 58.4 Å². The number of amides is 1. The molecule has 1 saturated heterocycles. The molecular formula is C16H25N3OS. The van der Waals surface area contributed by atoms with Crippen molar-refractivity contribution in [1.82, 2.24) is 10.2 Å². The van der Waals surface area contributed by atoms with Crippen molar-refractivity contribution in [1.29, 1.82) is 0 Å². The van der Waals surface area contributed by atoms with Crippen LogP contribution in [0.25, 0.3) is 0 Å². The Hall–Kier alpha value is -1.20. The number of thioether (sulfide) groups is 1. The molecule has 4 nitrogen and oxygen atoms in total. The quantitative estimate of drug-likeness (QED) is 0.482. The summed E-state index contributed by atoms with van der Waals surface area (Å²) in [6.07, 6.45) is 6.97. The van der Waals surface area contributed by atoms with E-state index in [-0.39, 0.29) is 5.91 Å². The first kappa shape index (κ1) is 16.2. The third-order valence-electron chi connectivity index (χ3n) is 3.88. The highest BCUT2D eigenvalue weighted by molar-refractivity contribution is 7.98. The van der Waals surface area contributed by atoms with Gasteiger partial charge in [0, 0.05) is 22.7 Å². The van der Waals surface area contributed by atoms with Crippen LogP contribution in [0.2, 0.25) is 0 Å². The molecule has 3 N–H and O–H groups in total. The zero-order valence-electron chi connectivity index (χ0n) is 12.7. The second kappa shape index (κ2) is 8.29. The fraction of sp³-hybridized carbons (Fsp3) is 0.562. The third kappa shape index (κ3) is 4.93. The number of piperidine rings is 1. The van der Waals surface area contributed by atoms with E-state index in [1.54, 1.807) is 23.9 Å². The van der Waals surface area contributed by atoms with Gasteiger partial charge < -0.3 is 16.0 Å². The molecule has 1 aromatic carbocycles. The highest BCUT2D eigenvalue weighted by Gasteiger charge is 2.10. The number of hydrogen-bond acceptors (Lipinski definition) is 4. The molecule has 1 aliphatic rings. The number of nitrogens with zero attached hydrogens (tertiary/aromatic N) is 1. The molecule has 0 saturated carbocycles. The van der Waals surface area contributed by atoms with Crippen LogP contribution in [0.5, 0.6) is 0 Å². The van der Waals surface area contributed by atoms with Gasteiger partial charge in [-0.2, -0.15) is 0 Å². The number of rotatable bonds is 6. The van der Waals surface area contributed by atoms with E-state index in [1.165, 1.54) is 32.4 Å². The standard InChI is InChI=1S/C16H25N3OS/c1-21-15-12-13(6-7-14(15)17)16(20)18-8-5-11-19-9-3-2-4-10-19/h6-7,12H,2-5,8-11,17H2,1H3,(H,18,20). The highest BCUT2D eigenvalue weighted by Crippen LogP contribution is 2.23. The predicted octanol–water partition coefficient (Wildman–Crippen LogP) is 2.60. The van der Waals surface area contributed by atoms with Crippen molar-refractivity contribution in [3.63, 3.8) is 0 Å². The van der Waals surface area contributed by atoms with E-state index in [2.05, 4.69) is 10.2 Å². The Morgan fingerprint density at radius 3 is 2.81 bits per heavy atom.